The monoisotopic (exact) mass is 229 g/mol. The Labute approximate surface area is 94.8 Å². The fourth-order valence-electron chi connectivity index (χ4n) is 1.83. The van der Waals surface area contributed by atoms with Gasteiger partial charge >= 0.3 is 0 Å². The lowest BCUT2D eigenvalue weighted by atomic mass is 9.98. The van der Waals surface area contributed by atoms with Crippen LogP contribution in [0.15, 0.2) is 5.16 Å². The van der Waals surface area contributed by atoms with E-state index in [1.807, 2.05) is 6.92 Å². The molecule has 92 valence electrons. The van der Waals surface area contributed by atoms with Gasteiger partial charge in [-0.3, -0.25) is 4.79 Å². The van der Waals surface area contributed by atoms with Gasteiger partial charge < -0.3 is 21.0 Å². The number of amides is 1. The van der Waals surface area contributed by atoms with Gasteiger partial charge in [0, 0.05) is 6.61 Å². The third kappa shape index (κ3) is 2.85. The molecule has 1 heterocycles. The van der Waals surface area contributed by atoms with E-state index in [1.165, 1.54) is 0 Å². The lowest BCUT2D eigenvalue weighted by molar-refractivity contribution is -0.126. The summed E-state index contributed by atoms with van der Waals surface area (Å²) in [5.41, 5.74) is 5.38. The summed E-state index contributed by atoms with van der Waals surface area (Å²) in [6.07, 6.45) is 1.53. The van der Waals surface area contributed by atoms with Crippen molar-refractivity contribution in [1.29, 1.82) is 0 Å². The first kappa shape index (κ1) is 12.8. The summed E-state index contributed by atoms with van der Waals surface area (Å²) in [5, 5.41) is 14.0. The lowest BCUT2D eigenvalue weighted by Crippen LogP contribution is -2.46. The molecule has 0 aromatic carbocycles. The number of ether oxygens (including phenoxy) is 1. The zero-order valence-corrected chi connectivity index (χ0v) is 9.64. The van der Waals surface area contributed by atoms with Gasteiger partial charge in [-0.15, -0.1) is 0 Å². The minimum atomic E-state index is -0.462. The molecule has 1 fully saturated rings. The van der Waals surface area contributed by atoms with Crippen molar-refractivity contribution < 1.29 is 14.7 Å². The van der Waals surface area contributed by atoms with Crippen LogP contribution < -0.4 is 11.1 Å². The van der Waals surface area contributed by atoms with Crippen molar-refractivity contribution in [2.75, 3.05) is 6.61 Å². The first-order valence-electron chi connectivity index (χ1n) is 5.49. The highest BCUT2D eigenvalue weighted by Gasteiger charge is 2.33. The van der Waals surface area contributed by atoms with Gasteiger partial charge in [0.15, 0.2) is 5.84 Å². The van der Waals surface area contributed by atoms with Gasteiger partial charge in [-0.05, 0) is 19.8 Å². The molecule has 4 N–H and O–H groups in total. The van der Waals surface area contributed by atoms with Crippen molar-refractivity contribution in [2.24, 2.45) is 16.8 Å². The fraction of sp³-hybridized carbons (Fsp3) is 0.800. The predicted octanol–water partition coefficient (Wildman–Crippen LogP) is 0.0526. The summed E-state index contributed by atoms with van der Waals surface area (Å²) < 4.78 is 5.43. The van der Waals surface area contributed by atoms with Crippen molar-refractivity contribution >= 4 is 11.7 Å². The Balaban J connectivity index is 2.52. The Kier molecular flexibility index (Phi) is 4.54. The summed E-state index contributed by atoms with van der Waals surface area (Å²) in [6.45, 7) is 4.28. The van der Waals surface area contributed by atoms with Crippen LogP contribution in [-0.4, -0.2) is 35.7 Å². The Bertz CT molecular complexity index is 280. The Morgan fingerprint density at radius 2 is 2.44 bits per heavy atom. The zero-order chi connectivity index (χ0) is 12.1. The second kappa shape index (κ2) is 5.69. The quantitative estimate of drug-likeness (QED) is 0.275. The molecule has 1 saturated heterocycles. The summed E-state index contributed by atoms with van der Waals surface area (Å²) in [7, 11) is 0. The first-order valence-corrected chi connectivity index (χ1v) is 5.49. The highest BCUT2D eigenvalue weighted by Crippen LogP contribution is 2.23. The van der Waals surface area contributed by atoms with Gasteiger partial charge in [-0.1, -0.05) is 12.1 Å². The second-order valence-electron chi connectivity index (χ2n) is 3.97. The smallest absolute Gasteiger partial charge is 0.226 e. The summed E-state index contributed by atoms with van der Waals surface area (Å²) >= 11 is 0. The van der Waals surface area contributed by atoms with E-state index in [1.54, 1.807) is 6.92 Å². The number of carbonyl (C=O) groups is 1. The number of amidine groups is 1. The maximum Gasteiger partial charge on any atom is 0.226 e. The summed E-state index contributed by atoms with van der Waals surface area (Å²) in [4.78, 5) is 11.9. The minimum absolute atomic E-state index is 0.000291. The molecule has 1 aliphatic heterocycles. The van der Waals surface area contributed by atoms with Gasteiger partial charge in [0.05, 0.1) is 18.1 Å². The van der Waals surface area contributed by atoms with Crippen LogP contribution in [0.25, 0.3) is 0 Å². The average molecular weight is 229 g/mol. The van der Waals surface area contributed by atoms with Crippen molar-refractivity contribution in [1.82, 2.24) is 5.32 Å². The van der Waals surface area contributed by atoms with E-state index in [0.29, 0.717) is 6.61 Å². The van der Waals surface area contributed by atoms with Crippen LogP contribution in [0.2, 0.25) is 0 Å². The predicted molar refractivity (Wildman–Crippen MR) is 59.2 cm³/mol. The second-order valence-corrected chi connectivity index (χ2v) is 3.97. The molecule has 1 rings (SSSR count). The van der Waals surface area contributed by atoms with Crippen LogP contribution in [0.5, 0.6) is 0 Å². The van der Waals surface area contributed by atoms with E-state index >= 15 is 0 Å². The molecule has 1 aliphatic rings. The highest BCUT2D eigenvalue weighted by molar-refractivity contribution is 5.90. The average Bonchev–Trinajstić information content (AvgIpc) is 2.75. The molecule has 0 bridgehead atoms. The number of nitrogens with one attached hydrogen (secondary N) is 1. The highest BCUT2D eigenvalue weighted by atomic mass is 16.5. The Morgan fingerprint density at radius 3 is 3.00 bits per heavy atom. The van der Waals surface area contributed by atoms with Crippen molar-refractivity contribution in [3.05, 3.63) is 0 Å². The van der Waals surface area contributed by atoms with Crippen molar-refractivity contribution in [3.8, 4) is 0 Å². The third-order valence-corrected chi connectivity index (χ3v) is 2.87. The molecular formula is C10H19N3O3. The van der Waals surface area contributed by atoms with Crippen molar-refractivity contribution in [2.45, 2.75) is 38.8 Å². The molecule has 3 unspecified atom stereocenters. The zero-order valence-electron chi connectivity index (χ0n) is 9.64. The van der Waals surface area contributed by atoms with Crippen molar-refractivity contribution in [3.63, 3.8) is 0 Å². The fourth-order valence-corrected chi connectivity index (χ4v) is 1.83. The molecule has 0 aromatic rings. The van der Waals surface area contributed by atoms with Crippen LogP contribution >= 0.6 is 0 Å². The van der Waals surface area contributed by atoms with E-state index in [-0.39, 0.29) is 23.8 Å². The van der Waals surface area contributed by atoms with Crippen LogP contribution in [0.3, 0.4) is 0 Å². The molecule has 3 atom stereocenters. The summed E-state index contributed by atoms with van der Waals surface area (Å²) in [5.74, 6) is -0.220. The van der Waals surface area contributed by atoms with Gasteiger partial charge in [0.2, 0.25) is 5.91 Å². The SMILES string of the molecule is CCC1OCCC1C(=O)NC(C)C(N)=NO. The normalized spacial score (nSPS) is 27.8. The molecule has 0 spiro atoms. The molecular weight excluding hydrogens is 210 g/mol. The standard InChI is InChI=1S/C10H19N3O3/c1-3-8-7(4-5-16-8)10(14)12-6(2)9(11)13-15/h6-8,15H,3-5H2,1-2H3,(H2,11,13)(H,12,14). The number of oxime groups is 1. The molecule has 1 amide bonds. The molecule has 0 radical (unpaired) electrons. The van der Waals surface area contributed by atoms with Gasteiger partial charge in [0.1, 0.15) is 0 Å². The van der Waals surface area contributed by atoms with Crippen LogP contribution in [-0.2, 0) is 9.53 Å². The van der Waals surface area contributed by atoms with E-state index in [2.05, 4.69) is 10.5 Å². The topological polar surface area (TPSA) is 96.9 Å². The lowest BCUT2D eigenvalue weighted by Gasteiger charge is -2.19. The van der Waals surface area contributed by atoms with E-state index < -0.39 is 6.04 Å². The van der Waals surface area contributed by atoms with Gasteiger partial charge in [-0.25, -0.2) is 0 Å². The summed E-state index contributed by atoms with van der Waals surface area (Å²) in [6, 6.07) is -0.462. The Morgan fingerprint density at radius 1 is 1.75 bits per heavy atom. The van der Waals surface area contributed by atoms with Gasteiger partial charge in [-0.2, -0.15) is 0 Å². The number of hydrogen-bond acceptors (Lipinski definition) is 4. The first-order chi connectivity index (χ1) is 7.60. The largest absolute Gasteiger partial charge is 0.409 e. The molecule has 6 heteroatoms. The number of rotatable bonds is 4. The third-order valence-electron chi connectivity index (χ3n) is 2.87. The molecule has 0 aliphatic carbocycles. The number of hydrogen-bond donors (Lipinski definition) is 3. The number of carbonyl (C=O) groups excluding carboxylic acids is 1. The van der Waals surface area contributed by atoms with E-state index in [0.717, 1.165) is 12.8 Å². The van der Waals surface area contributed by atoms with Crippen LogP contribution in [0.4, 0.5) is 0 Å². The Hall–Kier alpha value is -1.30. The minimum Gasteiger partial charge on any atom is -0.409 e. The van der Waals surface area contributed by atoms with Gasteiger partial charge in [0.25, 0.3) is 0 Å². The number of nitrogens with two attached hydrogens (primary N) is 1. The van der Waals surface area contributed by atoms with E-state index in [4.69, 9.17) is 15.7 Å². The molecule has 16 heavy (non-hydrogen) atoms. The van der Waals surface area contributed by atoms with Crippen LogP contribution in [0.1, 0.15) is 26.7 Å². The maximum atomic E-state index is 11.9. The number of nitrogens with zero attached hydrogens (tertiary/aromatic N) is 1. The van der Waals surface area contributed by atoms with E-state index in [9.17, 15) is 4.79 Å². The molecule has 0 aromatic heterocycles. The van der Waals surface area contributed by atoms with Crippen LogP contribution in [0, 0.1) is 5.92 Å². The maximum absolute atomic E-state index is 11.9. The molecule has 0 saturated carbocycles. The molecule has 6 nitrogen and oxygen atoms in total.